The van der Waals surface area contributed by atoms with Gasteiger partial charge in [0.15, 0.2) is 0 Å². The number of aliphatic carboxylic acids is 1. The Kier molecular flexibility index (Phi) is 5.32. The molecule has 1 heterocycles. The lowest BCUT2D eigenvalue weighted by Crippen LogP contribution is -2.28. The van der Waals surface area contributed by atoms with E-state index in [0.717, 1.165) is 10.4 Å². The molecule has 0 atom stereocenters. The fourth-order valence-corrected chi connectivity index (χ4v) is 2.94. The van der Waals surface area contributed by atoms with Gasteiger partial charge in [-0.25, -0.2) is 4.39 Å². The minimum absolute atomic E-state index is 0.233. The molecule has 1 aromatic carbocycles. The van der Waals surface area contributed by atoms with Crippen molar-refractivity contribution in [3.63, 3.8) is 0 Å². The van der Waals surface area contributed by atoms with Crippen molar-refractivity contribution in [1.82, 2.24) is 5.32 Å². The van der Waals surface area contributed by atoms with Crippen LogP contribution in [0.15, 0.2) is 36.4 Å². The number of carboxylic acid groups (broad SMARTS) is 1. The van der Waals surface area contributed by atoms with Gasteiger partial charge in [0.1, 0.15) is 5.82 Å². The van der Waals surface area contributed by atoms with Gasteiger partial charge in [-0.1, -0.05) is 12.1 Å². The fourth-order valence-electron chi connectivity index (χ4n) is 1.96. The first-order chi connectivity index (χ1) is 10.4. The Morgan fingerprint density at radius 1 is 1.23 bits per heavy atom. The Balaban J connectivity index is 1.85. The van der Waals surface area contributed by atoms with Crippen LogP contribution in [0.4, 0.5) is 4.39 Å². The summed E-state index contributed by atoms with van der Waals surface area (Å²) in [6, 6.07) is 10.5. The van der Waals surface area contributed by atoms with Gasteiger partial charge in [-0.05, 0) is 56.6 Å². The summed E-state index contributed by atoms with van der Waals surface area (Å²) in [6.07, 6.45) is 0.582. The lowest BCUT2D eigenvalue weighted by atomic mass is 9.90. The standard InChI is InChI=1S/C17H20FNO2S/c1-17(2,16(20)21)9-10-19-11-14-7-8-15(22-14)12-3-5-13(18)6-4-12/h3-8,19H,9-11H2,1-2H3,(H,20,21). The highest BCUT2D eigenvalue weighted by molar-refractivity contribution is 7.15. The number of benzene rings is 1. The van der Waals surface area contributed by atoms with E-state index in [1.807, 2.05) is 12.1 Å². The van der Waals surface area contributed by atoms with E-state index < -0.39 is 11.4 Å². The van der Waals surface area contributed by atoms with Gasteiger partial charge in [0.25, 0.3) is 0 Å². The molecule has 2 N–H and O–H groups in total. The average molecular weight is 321 g/mol. The minimum Gasteiger partial charge on any atom is -0.481 e. The van der Waals surface area contributed by atoms with Gasteiger partial charge < -0.3 is 10.4 Å². The van der Waals surface area contributed by atoms with Crippen molar-refractivity contribution in [2.24, 2.45) is 5.41 Å². The van der Waals surface area contributed by atoms with E-state index in [9.17, 15) is 9.18 Å². The Labute approximate surface area is 133 Å². The molecule has 5 heteroatoms. The zero-order valence-corrected chi connectivity index (χ0v) is 13.5. The van der Waals surface area contributed by atoms with E-state index in [4.69, 9.17) is 5.11 Å². The van der Waals surface area contributed by atoms with Crippen molar-refractivity contribution < 1.29 is 14.3 Å². The van der Waals surface area contributed by atoms with Gasteiger partial charge in [-0.2, -0.15) is 0 Å². The molecule has 22 heavy (non-hydrogen) atoms. The lowest BCUT2D eigenvalue weighted by molar-refractivity contribution is -0.147. The Bertz CT molecular complexity index is 634. The minimum atomic E-state index is -0.774. The van der Waals surface area contributed by atoms with Crippen molar-refractivity contribution in [2.75, 3.05) is 6.54 Å². The maximum absolute atomic E-state index is 12.9. The second-order valence-electron chi connectivity index (χ2n) is 5.89. The molecule has 0 spiro atoms. The van der Waals surface area contributed by atoms with Crippen LogP contribution in [0, 0.1) is 11.2 Å². The number of halogens is 1. The van der Waals surface area contributed by atoms with E-state index in [0.29, 0.717) is 19.5 Å². The number of hydrogen-bond acceptors (Lipinski definition) is 3. The average Bonchev–Trinajstić information content (AvgIpc) is 2.93. The molecule has 2 rings (SSSR count). The smallest absolute Gasteiger partial charge is 0.309 e. The molecule has 2 aromatic rings. The van der Waals surface area contributed by atoms with Crippen LogP contribution in [0.5, 0.6) is 0 Å². The van der Waals surface area contributed by atoms with Gasteiger partial charge in [0.2, 0.25) is 0 Å². The summed E-state index contributed by atoms with van der Waals surface area (Å²) in [6.45, 7) is 4.83. The quantitative estimate of drug-likeness (QED) is 0.753. The van der Waals surface area contributed by atoms with Crippen molar-refractivity contribution in [2.45, 2.75) is 26.8 Å². The van der Waals surface area contributed by atoms with Gasteiger partial charge in [-0.15, -0.1) is 11.3 Å². The van der Waals surface area contributed by atoms with Crippen LogP contribution in [0.3, 0.4) is 0 Å². The number of nitrogens with one attached hydrogen (secondary N) is 1. The zero-order chi connectivity index (χ0) is 16.2. The van der Waals surface area contributed by atoms with Crippen molar-refractivity contribution in [1.29, 1.82) is 0 Å². The van der Waals surface area contributed by atoms with Crippen LogP contribution >= 0.6 is 11.3 Å². The number of rotatable bonds is 7. The van der Waals surface area contributed by atoms with Crippen LogP contribution < -0.4 is 5.32 Å². The Hall–Kier alpha value is -1.72. The molecule has 0 aliphatic carbocycles. The summed E-state index contributed by atoms with van der Waals surface area (Å²) in [5.74, 6) is -1.01. The highest BCUT2D eigenvalue weighted by atomic mass is 32.1. The monoisotopic (exact) mass is 321 g/mol. The summed E-state index contributed by atoms with van der Waals surface area (Å²) in [4.78, 5) is 13.3. The largest absolute Gasteiger partial charge is 0.481 e. The maximum atomic E-state index is 12.9. The molecule has 0 saturated heterocycles. The third-order valence-electron chi connectivity index (χ3n) is 3.60. The van der Waals surface area contributed by atoms with Crippen molar-refractivity contribution >= 4 is 17.3 Å². The molecule has 0 amide bonds. The van der Waals surface area contributed by atoms with Gasteiger partial charge in [-0.3, -0.25) is 4.79 Å². The fraction of sp³-hybridized carbons (Fsp3) is 0.353. The van der Waals surface area contributed by atoms with E-state index >= 15 is 0 Å². The number of carbonyl (C=O) groups is 1. The third-order valence-corrected chi connectivity index (χ3v) is 4.73. The third kappa shape index (κ3) is 4.39. The van der Waals surface area contributed by atoms with Crippen LogP contribution in [-0.2, 0) is 11.3 Å². The van der Waals surface area contributed by atoms with E-state index in [2.05, 4.69) is 5.32 Å². The zero-order valence-electron chi connectivity index (χ0n) is 12.7. The summed E-state index contributed by atoms with van der Waals surface area (Å²) >= 11 is 1.65. The molecule has 0 radical (unpaired) electrons. The highest BCUT2D eigenvalue weighted by Gasteiger charge is 2.26. The molecule has 0 aliphatic heterocycles. The lowest BCUT2D eigenvalue weighted by Gasteiger charge is -2.18. The van der Waals surface area contributed by atoms with Crippen LogP contribution in [-0.4, -0.2) is 17.6 Å². The summed E-state index contributed by atoms with van der Waals surface area (Å²) in [7, 11) is 0. The number of hydrogen-bond donors (Lipinski definition) is 2. The summed E-state index contributed by atoms with van der Waals surface area (Å²) in [5.41, 5.74) is 0.298. The molecular weight excluding hydrogens is 301 g/mol. The van der Waals surface area contributed by atoms with Crippen molar-refractivity contribution in [3.05, 3.63) is 47.1 Å². The summed E-state index contributed by atoms with van der Waals surface area (Å²) < 4.78 is 12.9. The van der Waals surface area contributed by atoms with Crippen molar-refractivity contribution in [3.8, 4) is 10.4 Å². The first-order valence-electron chi connectivity index (χ1n) is 7.17. The maximum Gasteiger partial charge on any atom is 0.309 e. The molecule has 1 aromatic heterocycles. The Morgan fingerprint density at radius 2 is 1.91 bits per heavy atom. The molecule has 0 aliphatic rings. The second kappa shape index (κ2) is 7.03. The predicted octanol–water partition coefficient (Wildman–Crippen LogP) is 4.14. The summed E-state index contributed by atoms with van der Waals surface area (Å²) in [5, 5.41) is 12.3. The van der Waals surface area contributed by atoms with Gasteiger partial charge in [0.05, 0.1) is 5.41 Å². The Morgan fingerprint density at radius 3 is 2.55 bits per heavy atom. The van der Waals surface area contributed by atoms with Gasteiger partial charge >= 0.3 is 5.97 Å². The molecule has 0 unspecified atom stereocenters. The first-order valence-corrected chi connectivity index (χ1v) is 7.99. The highest BCUT2D eigenvalue weighted by Crippen LogP contribution is 2.28. The SMILES string of the molecule is CC(C)(CCNCc1ccc(-c2ccc(F)cc2)s1)C(=O)O. The second-order valence-corrected chi connectivity index (χ2v) is 7.06. The molecule has 118 valence electrons. The number of thiophene rings is 1. The van der Waals surface area contributed by atoms with Crippen LogP contribution in [0.25, 0.3) is 10.4 Å². The predicted molar refractivity (Wildman–Crippen MR) is 87.5 cm³/mol. The van der Waals surface area contributed by atoms with E-state index in [1.54, 1.807) is 37.3 Å². The van der Waals surface area contributed by atoms with E-state index in [-0.39, 0.29) is 5.82 Å². The molecular formula is C17H20FNO2S. The molecule has 0 saturated carbocycles. The molecule has 0 fully saturated rings. The van der Waals surface area contributed by atoms with E-state index in [1.165, 1.54) is 17.0 Å². The number of carboxylic acids is 1. The van der Waals surface area contributed by atoms with Crippen LogP contribution in [0.2, 0.25) is 0 Å². The molecule has 0 bridgehead atoms. The van der Waals surface area contributed by atoms with Gasteiger partial charge in [0, 0.05) is 16.3 Å². The topological polar surface area (TPSA) is 49.3 Å². The normalized spacial score (nSPS) is 11.6. The molecule has 3 nitrogen and oxygen atoms in total. The van der Waals surface area contributed by atoms with Crippen LogP contribution in [0.1, 0.15) is 25.1 Å². The first kappa shape index (κ1) is 16.6.